The highest BCUT2D eigenvalue weighted by Crippen LogP contribution is 2.27. The number of hydrogen-bond acceptors (Lipinski definition) is 4. The summed E-state index contributed by atoms with van der Waals surface area (Å²) in [5, 5.41) is 9.22. The molecule has 0 amide bonds. The lowest BCUT2D eigenvalue weighted by Gasteiger charge is -2.11. The fourth-order valence-electron chi connectivity index (χ4n) is 2.42. The first-order valence-corrected chi connectivity index (χ1v) is 9.20. The highest BCUT2D eigenvalue weighted by atomic mass is 32.2. The van der Waals surface area contributed by atoms with Crippen molar-refractivity contribution in [3.8, 4) is 6.07 Å². The number of benzene rings is 2. The van der Waals surface area contributed by atoms with E-state index in [4.69, 9.17) is 4.74 Å². The molecule has 0 fully saturated rings. The van der Waals surface area contributed by atoms with Crippen molar-refractivity contribution in [3.05, 3.63) is 70.0 Å². The van der Waals surface area contributed by atoms with E-state index in [2.05, 4.69) is 0 Å². The Morgan fingerprint density at radius 3 is 2.54 bits per heavy atom. The maximum absolute atomic E-state index is 13.0. The first-order valence-electron chi connectivity index (χ1n) is 8.22. The Balaban J connectivity index is 2.26. The number of halogens is 1. The van der Waals surface area contributed by atoms with Crippen LogP contribution in [0.4, 0.5) is 4.39 Å². The number of rotatable bonds is 6. The third-order valence-electron chi connectivity index (χ3n) is 3.85. The highest BCUT2D eigenvalue weighted by Gasteiger charge is 2.12. The Morgan fingerprint density at radius 2 is 1.92 bits per heavy atom. The zero-order valence-corrected chi connectivity index (χ0v) is 15.8. The maximum atomic E-state index is 13.0. The Hall–Kier alpha value is -2.58. The third kappa shape index (κ3) is 5.21. The van der Waals surface area contributed by atoms with E-state index in [1.165, 1.54) is 12.1 Å². The van der Waals surface area contributed by atoms with Gasteiger partial charge in [-0.1, -0.05) is 12.1 Å². The average Bonchev–Trinajstić information content (AvgIpc) is 2.61. The van der Waals surface area contributed by atoms with Crippen molar-refractivity contribution >= 4 is 23.8 Å². The monoisotopic (exact) mass is 369 g/mol. The number of nitrogens with zero attached hydrogens (tertiary/aromatic N) is 1. The summed E-state index contributed by atoms with van der Waals surface area (Å²) in [6.07, 6.45) is 1.57. The van der Waals surface area contributed by atoms with Crippen molar-refractivity contribution in [1.82, 2.24) is 0 Å². The normalized spacial score (nSPS) is 11.1. The molecule has 0 N–H and O–H groups in total. The molecule has 26 heavy (non-hydrogen) atoms. The number of hydrogen-bond donors (Lipinski definition) is 0. The van der Waals surface area contributed by atoms with Crippen LogP contribution in [0.15, 0.2) is 46.9 Å². The molecule has 0 aromatic heterocycles. The molecule has 5 heteroatoms. The first kappa shape index (κ1) is 19.7. The molecule has 0 bridgehead atoms. The van der Waals surface area contributed by atoms with Crippen molar-refractivity contribution in [2.24, 2.45) is 0 Å². The van der Waals surface area contributed by atoms with Gasteiger partial charge in [-0.2, -0.15) is 5.26 Å². The van der Waals surface area contributed by atoms with Crippen LogP contribution in [-0.4, -0.2) is 12.6 Å². The average molecular weight is 369 g/mol. The molecule has 0 aliphatic heterocycles. The molecule has 2 aromatic carbocycles. The van der Waals surface area contributed by atoms with Crippen LogP contribution in [0.5, 0.6) is 0 Å². The molecule has 0 aliphatic rings. The number of esters is 1. The van der Waals surface area contributed by atoms with Crippen LogP contribution < -0.4 is 0 Å². The Morgan fingerprint density at radius 1 is 1.23 bits per heavy atom. The molecule has 0 spiro atoms. The summed E-state index contributed by atoms with van der Waals surface area (Å²) in [5.41, 5.74) is 4.00. The quantitative estimate of drug-likeness (QED) is 0.304. The fourth-order valence-corrected chi connectivity index (χ4v) is 3.38. The molecular weight excluding hydrogens is 349 g/mol. The summed E-state index contributed by atoms with van der Waals surface area (Å²) in [7, 11) is 0. The van der Waals surface area contributed by atoms with Crippen molar-refractivity contribution < 1.29 is 13.9 Å². The molecule has 0 atom stereocenters. The number of nitriles is 1. The topological polar surface area (TPSA) is 50.1 Å². The van der Waals surface area contributed by atoms with E-state index in [1.54, 1.807) is 36.9 Å². The number of ether oxygens (including phenoxy) is 1. The van der Waals surface area contributed by atoms with Crippen LogP contribution in [0, 0.1) is 31.0 Å². The van der Waals surface area contributed by atoms with E-state index >= 15 is 0 Å². The van der Waals surface area contributed by atoms with Gasteiger partial charge >= 0.3 is 5.97 Å². The van der Waals surface area contributed by atoms with Crippen LogP contribution in [0.1, 0.15) is 29.2 Å². The summed E-state index contributed by atoms with van der Waals surface area (Å²) in [4.78, 5) is 12.8. The Bertz CT molecular complexity index is 867. The van der Waals surface area contributed by atoms with E-state index in [0.29, 0.717) is 5.75 Å². The molecule has 2 rings (SSSR count). The summed E-state index contributed by atoms with van der Waals surface area (Å²) >= 11 is 1.61. The van der Waals surface area contributed by atoms with Gasteiger partial charge in [-0.15, -0.1) is 11.8 Å². The predicted molar refractivity (Wildman–Crippen MR) is 102 cm³/mol. The molecule has 2 aromatic rings. The second-order valence-electron chi connectivity index (χ2n) is 5.77. The van der Waals surface area contributed by atoms with Gasteiger partial charge in [-0.3, -0.25) is 0 Å². The van der Waals surface area contributed by atoms with Crippen LogP contribution >= 0.6 is 11.8 Å². The van der Waals surface area contributed by atoms with Crippen molar-refractivity contribution in [3.63, 3.8) is 0 Å². The smallest absolute Gasteiger partial charge is 0.348 e. The van der Waals surface area contributed by atoms with Gasteiger partial charge in [0, 0.05) is 10.6 Å². The summed E-state index contributed by atoms with van der Waals surface area (Å²) < 4.78 is 17.9. The zero-order valence-electron chi connectivity index (χ0n) is 15.0. The minimum Gasteiger partial charge on any atom is -0.462 e. The minimum atomic E-state index is -0.614. The van der Waals surface area contributed by atoms with Gasteiger partial charge in [0.05, 0.1) is 6.61 Å². The molecule has 3 nitrogen and oxygen atoms in total. The van der Waals surface area contributed by atoms with Gasteiger partial charge in [-0.05, 0) is 73.4 Å². The second-order valence-corrected chi connectivity index (χ2v) is 6.82. The molecule has 0 aliphatic carbocycles. The highest BCUT2D eigenvalue weighted by molar-refractivity contribution is 7.98. The van der Waals surface area contributed by atoms with E-state index in [1.807, 2.05) is 32.0 Å². The van der Waals surface area contributed by atoms with Crippen molar-refractivity contribution in [1.29, 1.82) is 5.26 Å². The number of aryl methyl sites for hydroxylation is 2. The molecular formula is C21H20FNO2S. The second kappa shape index (κ2) is 9.21. The molecule has 0 saturated carbocycles. The summed E-state index contributed by atoms with van der Waals surface area (Å²) in [6, 6.07) is 12.3. The zero-order chi connectivity index (χ0) is 19.1. The number of thioether (sulfide) groups is 1. The third-order valence-corrected chi connectivity index (χ3v) is 4.91. The van der Waals surface area contributed by atoms with Crippen LogP contribution in [0.25, 0.3) is 6.08 Å². The first-order chi connectivity index (χ1) is 12.4. The van der Waals surface area contributed by atoms with E-state index in [-0.39, 0.29) is 18.0 Å². The summed E-state index contributed by atoms with van der Waals surface area (Å²) in [6.45, 7) is 5.90. The van der Waals surface area contributed by atoms with E-state index < -0.39 is 5.97 Å². The van der Waals surface area contributed by atoms with Gasteiger partial charge in [0.15, 0.2) is 0 Å². The lowest BCUT2D eigenvalue weighted by molar-refractivity contribution is -0.137. The molecule has 0 radical (unpaired) electrons. The molecule has 0 heterocycles. The van der Waals surface area contributed by atoms with Gasteiger partial charge < -0.3 is 4.74 Å². The van der Waals surface area contributed by atoms with Crippen LogP contribution in [0.2, 0.25) is 0 Å². The lowest BCUT2D eigenvalue weighted by Crippen LogP contribution is -2.06. The number of carbonyl (C=O) groups is 1. The largest absolute Gasteiger partial charge is 0.462 e. The number of carbonyl (C=O) groups excluding carboxylic acids is 1. The van der Waals surface area contributed by atoms with Crippen LogP contribution in [0.3, 0.4) is 0 Å². The predicted octanol–water partition coefficient (Wildman–Crippen LogP) is 5.20. The van der Waals surface area contributed by atoms with Gasteiger partial charge in [0.1, 0.15) is 17.5 Å². The standard InChI is InChI=1S/C21H20FNO2S/c1-4-25-21(24)17(12-23)10-16-11-18(15(3)9-14(16)2)13-26-20-7-5-19(22)6-8-20/h5-11H,4,13H2,1-3H3. The molecule has 134 valence electrons. The van der Waals surface area contributed by atoms with Crippen molar-refractivity contribution in [2.45, 2.75) is 31.4 Å². The SMILES string of the molecule is CCOC(=O)C(C#N)=Cc1cc(CSc2ccc(F)cc2)c(C)cc1C. The van der Waals surface area contributed by atoms with Gasteiger partial charge in [0.25, 0.3) is 0 Å². The minimum absolute atomic E-state index is 0.0176. The van der Waals surface area contributed by atoms with Gasteiger partial charge in [0.2, 0.25) is 0 Å². The Labute approximate surface area is 157 Å². The van der Waals surface area contributed by atoms with Crippen LogP contribution in [-0.2, 0) is 15.3 Å². The maximum Gasteiger partial charge on any atom is 0.348 e. The lowest BCUT2D eigenvalue weighted by atomic mass is 9.99. The molecule has 0 saturated heterocycles. The fraction of sp³-hybridized carbons (Fsp3) is 0.238. The molecule has 0 unspecified atom stereocenters. The van der Waals surface area contributed by atoms with E-state index in [9.17, 15) is 14.4 Å². The van der Waals surface area contributed by atoms with Gasteiger partial charge in [-0.25, -0.2) is 9.18 Å². The van der Waals surface area contributed by atoms with Crippen molar-refractivity contribution in [2.75, 3.05) is 6.61 Å². The van der Waals surface area contributed by atoms with E-state index in [0.717, 1.165) is 27.1 Å². The summed E-state index contributed by atoms with van der Waals surface area (Å²) in [5.74, 6) is -0.159. The Kier molecular flexibility index (Phi) is 6.99.